The van der Waals surface area contributed by atoms with Crippen LogP contribution in [0.3, 0.4) is 0 Å². The van der Waals surface area contributed by atoms with E-state index in [0.29, 0.717) is 0 Å². The molecule has 0 aromatic carbocycles. The van der Waals surface area contributed by atoms with Crippen LogP contribution in [0.15, 0.2) is 0 Å². The first kappa shape index (κ1) is 21.8. The molecule has 0 bridgehead atoms. The molecule has 4 nitrogen and oxygen atoms in total. The van der Waals surface area contributed by atoms with E-state index >= 15 is 0 Å². The Balaban J connectivity index is 5.00. The summed E-state index contributed by atoms with van der Waals surface area (Å²) in [6.45, 7) is 1.98. The SMILES string of the molecule is CCCC(Br)C(CC(Br)CS(=O)(=O)CBr)S(=O)(=O)CBr. The summed E-state index contributed by atoms with van der Waals surface area (Å²) in [5, 5.41) is -0.614. The number of hydrogen-bond acceptors (Lipinski definition) is 4. The molecule has 0 heterocycles. The minimum absolute atomic E-state index is 0.0849. The van der Waals surface area contributed by atoms with Crippen molar-refractivity contribution in [2.24, 2.45) is 0 Å². The van der Waals surface area contributed by atoms with Gasteiger partial charge in [0, 0.05) is 9.65 Å². The van der Waals surface area contributed by atoms with Gasteiger partial charge >= 0.3 is 0 Å². The third-order valence-electron chi connectivity index (χ3n) is 2.67. The minimum Gasteiger partial charge on any atom is -0.228 e. The van der Waals surface area contributed by atoms with Crippen molar-refractivity contribution in [3.8, 4) is 0 Å². The van der Waals surface area contributed by atoms with E-state index in [4.69, 9.17) is 0 Å². The highest BCUT2D eigenvalue weighted by atomic mass is 79.9. The van der Waals surface area contributed by atoms with E-state index < -0.39 is 24.9 Å². The summed E-state index contributed by atoms with van der Waals surface area (Å²) in [7, 11) is -6.51. The van der Waals surface area contributed by atoms with Crippen LogP contribution in [0.25, 0.3) is 0 Å². The van der Waals surface area contributed by atoms with Crippen LogP contribution in [0.2, 0.25) is 0 Å². The standard InChI is InChI=1S/C10H18Br4O4S2/c1-2-3-9(14)10(20(17,18)7-12)4-8(13)5-19(15,16)6-11/h8-10H,2-7H2,1H3. The van der Waals surface area contributed by atoms with Crippen molar-refractivity contribution >= 4 is 83.4 Å². The topological polar surface area (TPSA) is 68.3 Å². The molecule has 0 aromatic heterocycles. The molecule has 0 spiro atoms. The predicted molar refractivity (Wildman–Crippen MR) is 99.0 cm³/mol. The fourth-order valence-corrected chi connectivity index (χ4v) is 8.85. The second kappa shape index (κ2) is 9.85. The Bertz CT molecular complexity index is 477. The first-order valence-electron chi connectivity index (χ1n) is 5.91. The summed E-state index contributed by atoms with van der Waals surface area (Å²) in [5.74, 6) is -0.0849. The molecule has 3 atom stereocenters. The van der Waals surface area contributed by atoms with Crippen molar-refractivity contribution in [2.75, 3.05) is 15.1 Å². The molecule has 20 heavy (non-hydrogen) atoms. The predicted octanol–water partition coefficient (Wildman–Crippen LogP) is 3.61. The Labute approximate surface area is 155 Å². The van der Waals surface area contributed by atoms with Gasteiger partial charge in [-0.05, 0) is 12.8 Å². The van der Waals surface area contributed by atoms with E-state index in [1.807, 2.05) is 6.92 Å². The van der Waals surface area contributed by atoms with Crippen molar-refractivity contribution in [1.29, 1.82) is 0 Å². The van der Waals surface area contributed by atoms with Gasteiger partial charge < -0.3 is 0 Å². The van der Waals surface area contributed by atoms with Crippen LogP contribution < -0.4 is 0 Å². The maximum absolute atomic E-state index is 12.1. The molecule has 0 rings (SSSR count). The molecule has 0 fully saturated rings. The Morgan fingerprint density at radius 1 is 1.00 bits per heavy atom. The molecular weight excluding hydrogens is 568 g/mol. The molecular formula is C10H18Br4O4S2. The largest absolute Gasteiger partial charge is 0.228 e. The quantitative estimate of drug-likeness (QED) is 0.368. The van der Waals surface area contributed by atoms with Gasteiger partial charge in [-0.25, -0.2) is 16.8 Å². The van der Waals surface area contributed by atoms with E-state index in [2.05, 4.69) is 63.7 Å². The normalized spacial score (nSPS) is 17.6. The molecule has 0 aliphatic rings. The monoisotopic (exact) mass is 582 g/mol. The van der Waals surface area contributed by atoms with E-state index in [0.717, 1.165) is 12.8 Å². The summed E-state index contributed by atoms with van der Waals surface area (Å²) >= 11 is 12.7. The van der Waals surface area contributed by atoms with Crippen LogP contribution in [0.4, 0.5) is 0 Å². The molecule has 0 aliphatic heterocycles. The maximum Gasteiger partial charge on any atom is 0.164 e. The third kappa shape index (κ3) is 7.89. The van der Waals surface area contributed by atoms with E-state index in [-0.39, 0.29) is 31.2 Å². The smallest absolute Gasteiger partial charge is 0.164 e. The molecule has 0 radical (unpaired) electrons. The Morgan fingerprint density at radius 3 is 1.95 bits per heavy atom. The van der Waals surface area contributed by atoms with Crippen LogP contribution in [-0.4, -0.2) is 46.8 Å². The van der Waals surface area contributed by atoms with Gasteiger partial charge in [-0.3, -0.25) is 0 Å². The third-order valence-corrected chi connectivity index (χ3v) is 12.2. The van der Waals surface area contributed by atoms with E-state index in [1.54, 1.807) is 0 Å². The fourth-order valence-electron chi connectivity index (χ4n) is 1.70. The molecule has 3 unspecified atom stereocenters. The van der Waals surface area contributed by atoms with E-state index in [9.17, 15) is 16.8 Å². The molecule has 0 saturated heterocycles. The summed E-state index contributed by atoms with van der Waals surface area (Å²) in [6, 6.07) is 0. The van der Waals surface area contributed by atoms with Crippen LogP contribution in [0.5, 0.6) is 0 Å². The second-order valence-electron chi connectivity index (χ2n) is 4.47. The fraction of sp³-hybridized carbons (Fsp3) is 1.00. The van der Waals surface area contributed by atoms with E-state index in [1.165, 1.54) is 0 Å². The van der Waals surface area contributed by atoms with Gasteiger partial charge in [0.2, 0.25) is 0 Å². The average Bonchev–Trinajstić information content (AvgIpc) is 2.35. The van der Waals surface area contributed by atoms with Gasteiger partial charge in [-0.2, -0.15) is 0 Å². The molecule has 0 N–H and O–H groups in total. The first-order valence-corrected chi connectivity index (χ1v) is 13.5. The number of halogens is 4. The average molecular weight is 586 g/mol. The highest BCUT2D eigenvalue weighted by molar-refractivity contribution is 9.11. The molecule has 0 saturated carbocycles. The van der Waals surface area contributed by atoms with Crippen molar-refractivity contribution < 1.29 is 16.8 Å². The summed E-state index contributed by atoms with van der Waals surface area (Å²) in [6.07, 6.45) is 1.84. The molecule has 0 aliphatic carbocycles. The molecule has 0 amide bonds. The molecule has 122 valence electrons. The van der Waals surface area contributed by atoms with Crippen molar-refractivity contribution in [2.45, 2.75) is 41.1 Å². The highest BCUT2D eigenvalue weighted by Gasteiger charge is 2.33. The van der Waals surface area contributed by atoms with Crippen molar-refractivity contribution in [3.05, 3.63) is 0 Å². The molecule has 10 heteroatoms. The number of sulfone groups is 2. The minimum atomic E-state index is -3.31. The lowest BCUT2D eigenvalue weighted by Gasteiger charge is -2.24. The second-order valence-corrected chi connectivity index (χ2v) is 13.9. The lowest BCUT2D eigenvalue weighted by molar-refractivity contribution is 0.559. The van der Waals surface area contributed by atoms with Crippen LogP contribution in [0, 0.1) is 0 Å². The zero-order chi connectivity index (χ0) is 16.0. The number of rotatable bonds is 10. The van der Waals surface area contributed by atoms with Gasteiger partial charge in [-0.15, -0.1) is 0 Å². The van der Waals surface area contributed by atoms with Gasteiger partial charge in [0.15, 0.2) is 19.7 Å². The van der Waals surface area contributed by atoms with Crippen molar-refractivity contribution in [1.82, 2.24) is 0 Å². The Morgan fingerprint density at radius 2 is 1.55 bits per heavy atom. The number of hydrogen-bond donors (Lipinski definition) is 0. The first-order chi connectivity index (χ1) is 9.09. The lowest BCUT2D eigenvalue weighted by atomic mass is 10.1. The summed E-state index contributed by atoms with van der Waals surface area (Å²) in [5.41, 5.74) is 0. The van der Waals surface area contributed by atoms with Gasteiger partial charge in [0.05, 0.1) is 11.0 Å². The zero-order valence-corrected chi connectivity index (χ0v) is 18.9. The molecule has 0 aromatic rings. The van der Waals surface area contributed by atoms with Crippen LogP contribution in [-0.2, 0) is 19.7 Å². The highest BCUT2D eigenvalue weighted by Crippen LogP contribution is 2.27. The summed E-state index contributed by atoms with van der Waals surface area (Å²) < 4.78 is 47.1. The van der Waals surface area contributed by atoms with Gasteiger partial charge in [-0.1, -0.05) is 77.1 Å². The zero-order valence-electron chi connectivity index (χ0n) is 10.9. The lowest BCUT2D eigenvalue weighted by Crippen LogP contribution is -2.35. The Kier molecular flexibility index (Phi) is 10.7. The maximum atomic E-state index is 12.1. The summed E-state index contributed by atoms with van der Waals surface area (Å²) in [4.78, 5) is -0.567. The van der Waals surface area contributed by atoms with Gasteiger partial charge in [0.1, 0.15) is 9.32 Å². The number of alkyl halides is 4. The van der Waals surface area contributed by atoms with Crippen LogP contribution >= 0.6 is 63.7 Å². The van der Waals surface area contributed by atoms with Gasteiger partial charge in [0.25, 0.3) is 0 Å². The van der Waals surface area contributed by atoms with Crippen LogP contribution in [0.1, 0.15) is 26.2 Å². The Hall–Kier alpha value is 1.82. The van der Waals surface area contributed by atoms with Crippen molar-refractivity contribution in [3.63, 3.8) is 0 Å².